The van der Waals surface area contributed by atoms with Crippen molar-refractivity contribution in [1.29, 1.82) is 0 Å². The van der Waals surface area contributed by atoms with Gasteiger partial charge in [0.15, 0.2) is 0 Å². The number of rotatable bonds is 3. The van der Waals surface area contributed by atoms with Gasteiger partial charge < -0.3 is 11.1 Å². The minimum Gasteiger partial charge on any atom is -0.397 e. The molecule has 0 saturated heterocycles. The van der Waals surface area contributed by atoms with Gasteiger partial charge in [0.1, 0.15) is 0 Å². The average molecular weight is 292 g/mol. The Morgan fingerprint density at radius 1 is 1.24 bits per heavy atom. The van der Waals surface area contributed by atoms with E-state index in [0.29, 0.717) is 0 Å². The number of nitrogen functional groups attached to an aromatic ring is 1. The number of nitrogens with two attached hydrogens (primary N) is 1. The molecule has 2 aromatic rings. The van der Waals surface area contributed by atoms with Gasteiger partial charge in [-0.25, -0.2) is 0 Å². The van der Waals surface area contributed by atoms with Crippen LogP contribution in [0.2, 0.25) is 0 Å². The van der Waals surface area contributed by atoms with Crippen LogP contribution in [0.3, 0.4) is 0 Å². The molecule has 0 radical (unpaired) electrons. The zero-order valence-electron chi connectivity index (χ0n) is 9.52. The van der Waals surface area contributed by atoms with Gasteiger partial charge >= 0.3 is 0 Å². The van der Waals surface area contributed by atoms with Crippen LogP contribution in [0, 0.1) is 0 Å². The van der Waals surface area contributed by atoms with Gasteiger partial charge in [-0.3, -0.25) is 4.98 Å². The third kappa shape index (κ3) is 2.97. The van der Waals surface area contributed by atoms with Crippen molar-refractivity contribution in [1.82, 2.24) is 4.98 Å². The summed E-state index contributed by atoms with van der Waals surface area (Å²) in [7, 11) is 0. The van der Waals surface area contributed by atoms with Gasteiger partial charge in [0, 0.05) is 22.9 Å². The Morgan fingerprint density at radius 2 is 1.94 bits per heavy atom. The summed E-state index contributed by atoms with van der Waals surface area (Å²) < 4.78 is 0.983. The van der Waals surface area contributed by atoms with Crippen molar-refractivity contribution in [2.24, 2.45) is 0 Å². The lowest BCUT2D eigenvalue weighted by molar-refractivity contribution is 0.881. The number of nitrogens with zero attached hydrogens (tertiary/aromatic N) is 1. The normalized spacial score (nSPS) is 12.1. The zero-order valence-corrected chi connectivity index (χ0v) is 11.1. The van der Waals surface area contributed by atoms with E-state index in [1.807, 2.05) is 30.3 Å². The van der Waals surface area contributed by atoms with Crippen molar-refractivity contribution in [3.05, 3.63) is 52.8 Å². The van der Waals surface area contributed by atoms with E-state index in [-0.39, 0.29) is 6.04 Å². The Morgan fingerprint density at radius 3 is 2.59 bits per heavy atom. The molecular weight excluding hydrogens is 278 g/mol. The SMILES string of the molecule is CC(Nc1ccc(Br)cc1N)c1ccncc1. The maximum absolute atomic E-state index is 5.94. The van der Waals surface area contributed by atoms with Crippen LogP contribution in [0.15, 0.2) is 47.2 Å². The van der Waals surface area contributed by atoms with Crippen molar-refractivity contribution >= 4 is 27.3 Å². The quantitative estimate of drug-likeness (QED) is 0.850. The molecule has 3 N–H and O–H groups in total. The van der Waals surface area contributed by atoms with Crippen molar-refractivity contribution in [3.63, 3.8) is 0 Å². The fraction of sp³-hybridized carbons (Fsp3) is 0.154. The Balaban J connectivity index is 2.16. The molecule has 0 bridgehead atoms. The first-order chi connectivity index (χ1) is 8.16. The fourth-order valence-electron chi connectivity index (χ4n) is 1.63. The van der Waals surface area contributed by atoms with Gasteiger partial charge in [0.05, 0.1) is 11.4 Å². The molecule has 4 heteroatoms. The minimum absolute atomic E-state index is 0.196. The molecule has 0 fully saturated rings. The second kappa shape index (κ2) is 5.19. The number of benzene rings is 1. The summed E-state index contributed by atoms with van der Waals surface area (Å²) in [6.45, 7) is 2.09. The Labute approximate surface area is 109 Å². The molecule has 1 unspecified atom stereocenters. The maximum Gasteiger partial charge on any atom is 0.0579 e. The Kier molecular flexibility index (Phi) is 3.64. The van der Waals surface area contributed by atoms with Gasteiger partial charge in [-0.1, -0.05) is 15.9 Å². The second-order valence-corrected chi connectivity index (χ2v) is 4.79. The molecule has 0 amide bonds. The van der Waals surface area contributed by atoms with Crippen LogP contribution in [0.4, 0.5) is 11.4 Å². The van der Waals surface area contributed by atoms with Gasteiger partial charge in [0.25, 0.3) is 0 Å². The highest BCUT2D eigenvalue weighted by Crippen LogP contribution is 2.26. The van der Waals surface area contributed by atoms with E-state index in [1.54, 1.807) is 12.4 Å². The molecule has 1 atom stereocenters. The molecule has 88 valence electrons. The highest BCUT2D eigenvalue weighted by atomic mass is 79.9. The molecule has 0 spiro atoms. The van der Waals surface area contributed by atoms with Crippen LogP contribution in [0.1, 0.15) is 18.5 Å². The van der Waals surface area contributed by atoms with Gasteiger partial charge in [-0.05, 0) is 42.8 Å². The predicted octanol–water partition coefficient (Wildman–Crippen LogP) is 3.60. The fourth-order valence-corrected chi connectivity index (χ4v) is 2.01. The summed E-state index contributed by atoms with van der Waals surface area (Å²) in [6.07, 6.45) is 3.58. The number of nitrogens with one attached hydrogen (secondary N) is 1. The molecule has 0 aliphatic rings. The molecule has 0 saturated carbocycles. The van der Waals surface area contributed by atoms with Crippen molar-refractivity contribution in [2.45, 2.75) is 13.0 Å². The first-order valence-corrected chi connectivity index (χ1v) is 6.17. The maximum atomic E-state index is 5.94. The third-order valence-electron chi connectivity index (χ3n) is 2.59. The Bertz CT molecular complexity index is 499. The van der Waals surface area contributed by atoms with Crippen LogP contribution in [0.5, 0.6) is 0 Å². The van der Waals surface area contributed by atoms with Crippen LogP contribution in [-0.2, 0) is 0 Å². The number of anilines is 2. The van der Waals surface area contributed by atoms with Crippen LogP contribution in [0.25, 0.3) is 0 Å². The van der Waals surface area contributed by atoms with E-state index in [2.05, 4.69) is 33.2 Å². The zero-order chi connectivity index (χ0) is 12.3. The van der Waals surface area contributed by atoms with Gasteiger partial charge in [-0.15, -0.1) is 0 Å². The van der Waals surface area contributed by atoms with Crippen molar-refractivity contribution in [2.75, 3.05) is 11.1 Å². The number of pyridine rings is 1. The first kappa shape index (κ1) is 11.9. The molecule has 17 heavy (non-hydrogen) atoms. The number of hydrogen-bond acceptors (Lipinski definition) is 3. The topological polar surface area (TPSA) is 50.9 Å². The standard InChI is InChI=1S/C13H14BrN3/c1-9(10-4-6-16-7-5-10)17-13-3-2-11(14)8-12(13)15/h2-9,17H,15H2,1H3. The first-order valence-electron chi connectivity index (χ1n) is 5.38. The van der Waals surface area contributed by atoms with E-state index in [0.717, 1.165) is 15.8 Å². The molecule has 0 aliphatic heterocycles. The molecule has 1 aromatic carbocycles. The summed E-state index contributed by atoms with van der Waals surface area (Å²) in [4.78, 5) is 4.01. The second-order valence-electron chi connectivity index (χ2n) is 3.88. The minimum atomic E-state index is 0.196. The van der Waals surface area contributed by atoms with E-state index < -0.39 is 0 Å². The van der Waals surface area contributed by atoms with E-state index >= 15 is 0 Å². The lowest BCUT2D eigenvalue weighted by atomic mass is 10.1. The molecule has 1 heterocycles. The summed E-state index contributed by atoms with van der Waals surface area (Å²) in [6, 6.07) is 10.0. The predicted molar refractivity (Wildman–Crippen MR) is 74.8 cm³/mol. The van der Waals surface area contributed by atoms with Crippen LogP contribution < -0.4 is 11.1 Å². The number of hydrogen-bond donors (Lipinski definition) is 2. The Hall–Kier alpha value is -1.55. The van der Waals surface area contributed by atoms with E-state index in [4.69, 9.17) is 5.73 Å². The summed E-state index contributed by atoms with van der Waals surface area (Å²) in [5.74, 6) is 0. The highest BCUT2D eigenvalue weighted by Gasteiger charge is 2.06. The van der Waals surface area contributed by atoms with Crippen molar-refractivity contribution in [3.8, 4) is 0 Å². The van der Waals surface area contributed by atoms with Gasteiger partial charge in [0.2, 0.25) is 0 Å². The summed E-state index contributed by atoms with van der Waals surface area (Å²) >= 11 is 3.39. The van der Waals surface area contributed by atoms with Gasteiger partial charge in [-0.2, -0.15) is 0 Å². The molecule has 2 rings (SSSR count). The summed E-state index contributed by atoms with van der Waals surface area (Å²) in [5.41, 5.74) is 8.80. The number of halogens is 1. The van der Waals surface area contributed by atoms with Crippen LogP contribution >= 0.6 is 15.9 Å². The lowest BCUT2D eigenvalue weighted by Crippen LogP contribution is -2.08. The summed E-state index contributed by atoms with van der Waals surface area (Å²) in [5, 5.41) is 3.38. The molecule has 0 aliphatic carbocycles. The van der Waals surface area contributed by atoms with Crippen molar-refractivity contribution < 1.29 is 0 Å². The number of aromatic nitrogens is 1. The average Bonchev–Trinajstić information content (AvgIpc) is 2.34. The smallest absolute Gasteiger partial charge is 0.0579 e. The largest absolute Gasteiger partial charge is 0.397 e. The molecular formula is C13H14BrN3. The van der Waals surface area contributed by atoms with E-state index in [1.165, 1.54) is 5.56 Å². The third-order valence-corrected chi connectivity index (χ3v) is 3.08. The monoisotopic (exact) mass is 291 g/mol. The highest BCUT2D eigenvalue weighted by molar-refractivity contribution is 9.10. The molecule has 3 nitrogen and oxygen atoms in total. The van der Waals surface area contributed by atoms with E-state index in [9.17, 15) is 0 Å². The lowest BCUT2D eigenvalue weighted by Gasteiger charge is -2.17. The molecule has 1 aromatic heterocycles. The van der Waals surface area contributed by atoms with Crippen LogP contribution in [-0.4, -0.2) is 4.98 Å².